The van der Waals surface area contributed by atoms with Crippen molar-refractivity contribution in [3.63, 3.8) is 0 Å². The van der Waals surface area contributed by atoms with Crippen LogP contribution in [-0.4, -0.2) is 44.8 Å². The number of carbonyl (C=O) groups excluding carboxylic acids is 1. The highest BCUT2D eigenvalue weighted by molar-refractivity contribution is 8.26. The molecule has 8 heteroatoms. The SMILES string of the molecule is COc1ccc2nc(C=C3SC(=S)N(CCCC(=O)O)C3=O)ccc2c1. The monoisotopic (exact) mass is 388 g/mol. The van der Waals surface area contributed by atoms with E-state index in [4.69, 9.17) is 22.1 Å². The Balaban J connectivity index is 1.79. The number of amides is 1. The Labute approximate surface area is 159 Å². The van der Waals surface area contributed by atoms with Crippen molar-refractivity contribution in [2.75, 3.05) is 13.7 Å². The summed E-state index contributed by atoms with van der Waals surface area (Å²) in [5.74, 6) is -0.334. The number of thiocarbonyl (C=S) groups is 1. The average molecular weight is 388 g/mol. The van der Waals surface area contributed by atoms with Gasteiger partial charge in [0.05, 0.1) is 23.2 Å². The Morgan fingerprint density at radius 3 is 2.92 bits per heavy atom. The van der Waals surface area contributed by atoms with Crippen molar-refractivity contribution in [3.05, 3.63) is 40.9 Å². The number of rotatable bonds is 6. The van der Waals surface area contributed by atoms with Crippen molar-refractivity contribution < 1.29 is 19.4 Å². The number of ether oxygens (including phenoxy) is 1. The standard InChI is InChI=1S/C18H16N2O4S2/c1-24-13-6-7-14-11(9-13)4-5-12(19-14)10-15-17(23)20(18(25)26-15)8-2-3-16(21)22/h4-7,9-10H,2-3,8H2,1H3,(H,21,22). The summed E-state index contributed by atoms with van der Waals surface area (Å²) in [4.78, 5) is 29.6. The number of hydrogen-bond acceptors (Lipinski definition) is 6. The fraction of sp³-hybridized carbons (Fsp3) is 0.222. The summed E-state index contributed by atoms with van der Waals surface area (Å²) in [6.07, 6.45) is 2.08. The van der Waals surface area contributed by atoms with Crippen LogP contribution in [0.2, 0.25) is 0 Å². The summed E-state index contributed by atoms with van der Waals surface area (Å²) >= 11 is 6.45. The molecule has 6 nitrogen and oxygen atoms in total. The minimum absolute atomic E-state index is 0.00575. The molecule has 1 amide bonds. The molecule has 0 spiro atoms. The Morgan fingerprint density at radius 2 is 2.19 bits per heavy atom. The van der Waals surface area contributed by atoms with E-state index in [0.29, 0.717) is 27.9 Å². The smallest absolute Gasteiger partial charge is 0.303 e. The second-order valence-electron chi connectivity index (χ2n) is 5.63. The predicted octanol–water partition coefficient (Wildman–Crippen LogP) is 3.31. The third kappa shape index (κ3) is 4.03. The molecule has 1 aliphatic rings. The molecule has 2 aromatic rings. The third-order valence-electron chi connectivity index (χ3n) is 3.84. The molecule has 0 saturated carbocycles. The molecule has 1 aromatic heterocycles. The maximum atomic E-state index is 12.5. The zero-order valence-electron chi connectivity index (χ0n) is 14.0. The molecule has 1 aliphatic heterocycles. The van der Waals surface area contributed by atoms with E-state index in [1.165, 1.54) is 16.7 Å². The van der Waals surface area contributed by atoms with Crippen LogP contribution in [0.5, 0.6) is 5.75 Å². The molecule has 0 bridgehead atoms. The van der Waals surface area contributed by atoms with Gasteiger partial charge in [-0.15, -0.1) is 0 Å². The maximum absolute atomic E-state index is 12.5. The molecule has 0 aliphatic carbocycles. The van der Waals surface area contributed by atoms with E-state index in [1.807, 2.05) is 30.3 Å². The van der Waals surface area contributed by atoms with Gasteiger partial charge in [0.25, 0.3) is 5.91 Å². The normalized spacial score (nSPS) is 15.9. The molecule has 1 fully saturated rings. The number of fused-ring (bicyclic) bond motifs is 1. The molecule has 0 atom stereocenters. The highest BCUT2D eigenvalue weighted by atomic mass is 32.2. The number of nitrogens with zero attached hydrogens (tertiary/aromatic N) is 2. The van der Waals surface area contributed by atoms with Crippen LogP contribution in [0.4, 0.5) is 0 Å². The fourth-order valence-electron chi connectivity index (χ4n) is 2.54. The van der Waals surface area contributed by atoms with E-state index < -0.39 is 5.97 Å². The van der Waals surface area contributed by atoms with Crippen LogP contribution in [-0.2, 0) is 9.59 Å². The summed E-state index contributed by atoms with van der Waals surface area (Å²) in [6, 6.07) is 9.35. The summed E-state index contributed by atoms with van der Waals surface area (Å²) in [5.41, 5.74) is 1.46. The van der Waals surface area contributed by atoms with Gasteiger partial charge in [-0.3, -0.25) is 14.5 Å². The van der Waals surface area contributed by atoms with Crippen molar-refractivity contribution >= 4 is 57.2 Å². The Kier molecular flexibility index (Phi) is 5.53. The molecule has 2 heterocycles. The molecule has 1 aromatic carbocycles. The first-order valence-electron chi connectivity index (χ1n) is 7.90. The van der Waals surface area contributed by atoms with Crippen molar-refractivity contribution in [1.82, 2.24) is 9.88 Å². The minimum atomic E-state index is -0.886. The number of aromatic nitrogens is 1. The summed E-state index contributed by atoms with van der Waals surface area (Å²) in [5, 5.41) is 9.66. The number of carbonyl (C=O) groups is 2. The lowest BCUT2D eigenvalue weighted by molar-refractivity contribution is -0.137. The largest absolute Gasteiger partial charge is 0.497 e. The van der Waals surface area contributed by atoms with Crippen LogP contribution in [0.1, 0.15) is 18.5 Å². The van der Waals surface area contributed by atoms with E-state index in [2.05, 4.69) is 4.98 Å². The topological polar surface area (TPSA) is 79.7 Å². The summed E-state index contributed by atoms with van der Waals surface area (Å²) in [7, 11) is 1.61. The zero-order valence-corrected chi connectivity index (χ0v) is 15.6. The number of carboxylic acids is 1. The molecular formula is C18H16N2O4S2. The lowest BCUT2D eigenvalue weighted by Gasteiger charge is -2.13. The maximum Gasteiger partial charge on any atom is 0.303 e. The summed E-state index contributed by atoms with van der Waals surface area (Å²) < 4.78 is 5.64. The Bertz CT molecular complexity index is 927. The van der Waals surface area contributed by atoms with E-state index in [0.717, 1.165) is 16.7 Å². The van der Waals surface area contributed by atoms with Crippen LogP contribution < -0.4 is 4.74 Å². The molecule has 26 heavy (non-hydrogen) atoms. The van der Waals surface area contributed by atoms with E-state index >= 15 is 0 Å². The number of aliphatic carboxylic acids is 1. The molecule has 134 valence electrons. The van der Waals surface area contributed by atoms with Crippen LogP contribution >= 0.6 is 24.0 Å². The van der Waals surface area contributed by atoms with Gasteiger partial charge in [-0.25, -0.2) is 4.98 Å². The van der Waals surface area contributed by atoms with Gasteiger partial charge in [-0.2, -0.15) is 0 Å². The highest BCUT2D eigenvalue weighted by Gasteiger charge is 2.31. The Hall–Kier alpha value is -2.45. The van der Waals surface area contributed by atoms with Gasteiger partial charge in [0, 0.05) is 18.4 Å². The van der Waals surface area contributed by atoms with Crippen molar-refractivity contribution in [3.8, 4) is 5.75 Å². The van der Waals surface area contributed by atoms with Gasteiger partial charge in [0.15, 0.2) is 0 Å². The lowest BCUT2D eigenvalue weighted by atomic mass is 10.2. The summed E-state index contributed by atoms with van der Waals surface area (Å²) in [6.45, 7) is 0.305. The van der Waals surface area contributed by atoms with Crippen molar-refractivity contribution in [2.24, 2.45) is 0 Å². The molecule has 0 unspecified atom stereocenters. The van der Waals surface area contributed by atoms with Gasteiger partial charge in [-0.05, 0) is 36.8 Å². The van der Waals surface area contributed by atoms with Crippen LogP contribution in [0, 0.1) is 0 Å². The second-order valence-corrected chi connectivity index (χ2v) is 7.30. The van der Waals surface area contributed by atoms with Crippen molar-refractivity contribution in [1.29, 1.82) is 0 Å². The second kappa shape index (κ2) is 7.84. The molecule has 3 rings (SSSR count). The predicted molar refractivity (Wildman–Crippen MR) is 105 cm³/mol. The van der Waals surface area contributed by atoms with Gasteiger partial charge < -0.3 is 9.84 Å². The Morgan fingerprint density at radius 1 is 1.38 bits per heavy atom. The fourth-order valence-corrected chi connectivity index (χ4v) is 3.84. The molecule has 0 radical (unpaired) electrons. The first-order chi connectivity index (χ1) is 12.5. The first-order valence-corrected chi connectivity index (χ1v) is 9.12. The number of pyridine rings is 1. The number of carboxylic acid groups (broad SMARTS) is 1. The number of methoxy groups -OCH3 is 1. The zero-order chi connectivity index (χ0) is 18.7. The van der Waals surface area contributed by atoms with Gasteiger partial charge in [0.1, 0.15) is 10.1 Å². The number of benzene rings is 1. The van der Waals surface area contributed by atoms with E-state index in [-0.39, 0.29) is 12.3 Å². The van der Waals surface area contributed by atoms with Crippen molar-refractivity contribution in [2.45, 2.75) is 12.8 Å². The van der Waals surface area contributed by atoms with Crippen LogP contribution in [0.15, 0.2) is 35.2 Å². The first kappa shape index (κ1) is 18.3. The number of hydrogen-bond donors (Lipinski definition) is 1. The van der Waals surface area contributed by atoms with E-state index in [1.54, 1.807) is 13.2 Å². The third-order valence-corrected chi connectivity index (χ3v) is 5.22. The number of thioether (sulfide) groups is 1. The van der Waals surface area contributed by atoms with Gasteiger partial charge in [0.2, 0.25) is 0 Å². The molecule has 1 N–H and O–H groups in total. The van der Waals surface area contributed by atoms with Gasteiger partial charge in [-0.1, -0.05) is 30.0 Å². The average Bonchev–Trinajstić information content (AvgIpc) is 2.88. The quantitative estimate of drug-likeness (QED) is 0.601. The van der Waals surface area contributed by atoms with Gasteiger partial charge >= 0.3 is 5.97 Å². The lowest BCUT2D eigenvalue weighted by Crippen LogP contribution is -2.29. The minimum Gasteiger partial charge on any atom is -0.497 e. The molecule has 1 saturated heterocycles. The van der Waals surface area contributed by atoms with E-state index in [9.17, 15) is 9.59 Å². The molecular weight excluding hydrogens is 372 g/mol. The highest BCUT2D eigenvalue weighted by Crippen LogP contribution is 2.32. The van der Waals surface area contributed by atoms with Crippen LogP contribution in [0.3, 0.4) is 0 Å². The van der Waals surface area contributed by atoms with Crippen LogP contribution in [0.25, 0.3) is 17.0 Å².